The Bertz CT molecular complexity index is 929. The fraction of sp³-hybridized carbons (Fsp3) is 0.500. The quantitative estimate of drug-likeness (QED) is 0.297. The lowest BCUT2D eigenvalue weighted by atomic mass is 10.2. The molecule has 0 atom stereocenters. The van der Waals surface area contributed by atoms with Crippen molar-refractivity contribution < 1.29 is 9.59 Å². The molecule has 8 nitrogen and oxygen atoms in total. The third-order valence-electron chi connectivity index (χ3n) is 6.53. The molecule has 9 heteroatoms. The van der Waals surface area contributed by atoms with Crippen LogP contribution in [0.5, 0.6) is 0 Å². The van der Waals surface area contributed by atoms with Crippen LogP contribution in [0.25, 0.3) is 0 Å². The van der Waals surface area contributed by atoms with Crippen molar-refractivity contribution in [1.82, 2.24) is 20.1 Å². The summed E-state index contributed by atoms with van der Waals surface area (Å²) >= 11 is 1.82. The molecule has 2 fully saturated rings. The van der Waals surface area contributed by atoms with Crippen molar-refractivity contribution in [2.75, 3.05) is 74.9 Å². The number of carbonyl (C=O) groups excluding carboxylic acids is 2. The highest BCUT2D eigenvalue weighted by Gasteiger charge is 2.17. The number of amides is 2. The molecule has 2 aromatic rings. The van der Waals surface area contributed by atoms with E-state index < -0.39 is 11.8 Å². The van der Waals surface area contributed by atoms with Crippen LogP contribution >= 0.6 is 11.8 Å². The first-order valence-corrected chi connectivity index (χ1v) is 13.6. The summed E-state index contributed by atoms with van der Waals surface area (Å²) in [6.07, 6.45) is 7.10. The summed E-state index contributed by atoms with van der Waals surface area (Å²) in [6.45, 7) is 8.89. The fourth-order valence-corrected chi connectivity index (χ4v) is 5.40. The van der Waals surface area contributed by atoms with Gasteiger partial charge < -0.3 is 20.4 Å². The minimum atomic E-state index is -0.620. The third kappa shape index (κ3) is 8.23. The smallest absolute Gasteiger partial charge is 0.313 e. The molecule has 188 valence electrons. The van der Waals surface area contributed by atoms with Crippen LogP contribution in [0, 0.1) is 0 Å². The van der Waals surface area contributed by atoms with Crippen LogP contribution in [0.15, 0.2) is 53.7 Å². The van der Waals surface area contributed by atoms with Crippen molar-refractivity contribution >= 4 is 35.0 Å². The second-order valence-electron chi connectivity index (χ2n) is 9.02. The Balaban J connectivity index is 1.07. The van der Waals surface area contributed by atoms with Crippen LogP contribution < -0.4 is 15.5 Å². The number of aromatic nitrogens is 1. The summed E-state index contributed by atoms with van der Waals surface area (Å²) in [4.78, 5) is 36.9. The van der Waals surface area contributed by atoms with Gasteiger partial charge in [0.1, 0.15) is 0 Å². The number of piperazine rings is 1. The lowest BCUT2D eigenvalue weighted by Crippen LogP contribution is -2.47. The van der Waals surface area contributed by atoms with Gasteiger partial charge >= 0.3 is 11.8 Å². The maximum absolute atomic E-state index is 12.2. The van der Waals surface area contributed by atoms with Gasteiger partial charge in [-0.1, -0.05) is 0 Å². The van der Waals surface area contributed by atoms with E-state index >= 15 is 0 Å². The lowest BCUT2D eigenvalue weighted by Gasteiger charge is -2.36. The molecule has 0 saturated carbocycles. The number of likely N-dealkylation sites (tertiary alicyclic amines) is 1. The first-order valence-electron chi connectivity index (χ1n) is 12.6. The highest BCUT2D eigenvalue weighted by atomic mass is 32.2. The fourth-order valence-electron chi connectivity index (χ4n) is 4.49. The number of hydrogen-bond donors (Lipinski definition) is 2. The van der Waals surface area contributed by atoms with Crippen molar-refractivity contribution in [3.05, 3.63) is 48.8 Å². The molecule has 35 heavy (non-hydrogen) atoms. The van der Waals surface area contributed by atoms with Crippen molar-refractivity contribution in [3.8, 4) is 0 Å². The van der Waals surface area contributed by atoms with E-state index in [-0.39, 0.29) is 0 Å². The standard InChI is InChI=1S/C26H36N6O2S/c33-25(28-10-3-15-31-16-18-32(19-17-31)23-8-11-27-12-9-23)26(34)29-22-4-6-24(7-5-22)35-21-20-30-13-1-2-14-30/h4-9,11-12H,1-3,10,13-21H2,(H,28,33)(H,29,34). The maximum Gasteiger partial charge on any atom is 0.313 e. The molecule has 2 aliphatic rings. The average Bonchev–Trinajstić information content (AvgIpc) is 3.42. The predicted octanol–water partition coefficient (Wildman–Crippen LogP) is 2.54. The molecule has 0 spiro atoms. The van der Waals surface area contributed by atoms with Crippen LogP contribution in [0.3, 0.4) is 0 Å². The number of thioether (sulfide) groups is 1. The Morgan fingerprint density at radius 3 is 2.23 bits per heavy atom. The molecule has 2 amide bonds. The molecule has 2 aliphatic heterocycles. The monoisotopic (exact) mass is 496 g/mol. The number of hydrogen-bond acceptors (Lipinski definition) is 7. The van der Waals surface area contributed by atoms with Gasteiger partial charge in [-0.15, -0.1) is 11.8 Å². The molecule has 0 radical (unpaired) electrons. The molecule has 1 aromatic heterocycles. The maximum atomic E-state index is 12.2. The van der Waals surface area contributed by atoms with Crippen molar-refractivity contribution in [3.63, 3.8) is 0 Å². The summed E-state index contributed by atoms with van der Waals surface area (Å²) in [6, 6.07) is 11.8. The van der Waals surface area contributed by atoms with E-state index in [0.717, 1.165) is 51.4 Å². The highest BCUT2D eigenvalue weighted by Crippen LogP contribution is 2.21. The summed E-state index contributed by atoms with van der Waals surface area (Å²) < 4.78 is 0. The van der Waals surface area contributed by atoms with Crippen LogP contribution in [-0.4, -0.2) is 91.3 Å². The summed E-state index contributed by atoms with van der Waals surface area (Å²) in [5, 5.41) is 5.43. The van der Waals surface area contributed by atoms with Gasteiger partial charge in [0.15, 0.2) is 0 Å². The molecular formula is C26H36N6O2S. The number of benzene rings is 1. The first kappa shape index (κ1) is 25.5. The molecule has 0 bridgehead atoms. The van der Waals surface area contributed by atoms with E-state index in [1.54, 1.807) is 0 Å². The van der Waals surface area contributed by atoms with Gasteiger partial charge in [0, 0.05) is 73.7 Å². The number of carbonyl (C=O) groups is 2. The van der Waals surface area contributed by atoms with Gasteiger partial charge in [0.25, 0.3) is 0 Å². The zero-order valence-electron chi connectivity index (χ0n) is 20.3. The van der Waals surface area contributed by atoms with Gasteiger partial charge in [0.2, 0.25) is 0 Å². The molecule has 0 aliphatic carbocycles. The minimum Gasteiger partial charge on any atom is -0.369 e. The molecule has 2 N–H and O–H groups in total. The Morgan fingerprint density at radius 1 is 0.829 bits per heavy atom. The second-order valence-corrected chi connectivity index (χ2v) is 10.2. The van der Waals surface area contributed by atoms with Crippen LogP contribution in [0.2, 0.25) is 0 Å². The highest BCUT2D eigenvalue weighted by molar-refractivity contribution is 7.99. The number of anilines is 2. The van der Waals surface area contributed by atoms with E-state index in [1.807, 2.05) is 60.6 Å². The van der Waals surface area contributed by atoms with Crippen LogP contribution in [-0.2, 0) is 9.59 Å². The normalized spacial score (nSPS) is 16.9. The van der Waals surface area contributed by atoms with E-state index in [9.17, 15) is 9.59 Å². The Hall–Kier alpha value is -2.62. The Labute approximate surface area is 212 Å². The molecule has 1 aromatic carbocycles. The zero-order chi connectivity index (χ0) is 24.3. The lowest BCUT2D eigenvalue weighted by molar-refractivity contribution is -0.136. The van der Waals surface area contributed by atoms with Gasteiger partial charge in [-0.2, -0.15) is 0 Å². The molecular weight excluding hydrogens is 460 g/mol. The Morgan fingerprint density at radius 2 is 1.51 bits per heavy atom. The number of nitrogens with zero attached hydrogens (tertiary/aromatic N) is 4. The van der Waals surface area contributed by atoms with Gasteiger partial charge in [-0.3, -0.25) is 19.5 Å². The molecule has 4 rings (SSSR count). The van der Waals surface area contributed by atoms with Crippen LogP contribution in [0.4, 0.5) is 11.4 Å². The van der Waals surface area contributed by atoms with E-state index in [2.05, 4.69) is 30.3 Å². The van der Waals surface area contributed by atoms with Crippen LogP contribution in [0.1, 0.15) is 19.3 Å². The average molecular weight is 497 g/mol. The van der Waals surface area contributed by atoms with Crippen molar-refractivity contribution in [1.29, 1.82) is 0 Å². The number of nitrogens with one attached hydrogen (secondary N) is 2. The summed E-state index contributed by atoms with van der Waals surface area (Å²) in [7, 11) is 0. The van der Waals surface area contributed by atoms with Gasteiger partial charge in [0.05, 0.1) is 0 Å². The largest absolute Gasteiger partial charge is 0.369 e. The Kier molecular flexibility index (Phi) is 9.80. The minimum absolute atomic E-state index is 0.490. The molecule has 2 saturated heterocycles. The third-order valence-corrected chi connectivity index (χ3v) is 7.52. The van der Waals surface area contributed by atoms with E-state index in [1.165, 1.54) is 36.5 Å². The number of rotatable bonds is 10. The predicted molar refractivity (Wildman–Crippen MR) is 142 cm³/mol. The zero-order valence-corrected chi connectivity index (χ0v) is 21.1. The van der Waals surface area contributed by atoms with Crippen molar-refractivity contribution in [2.45, 2.75) is 24.2 Å². The summed E-state index contributed by atoms with van der Waals surface area (Å²) in [5.74, 6) is -0.142. The van der Waals surface area contributed by atoms with Crippen molar-refractivity contribution in [2.24, 2.45) is 0 Å². The molecule has 0 unspecified atom stereocenters. The topological polar surface area (TPSA) is 80.8 Å². The van der Waals surface area contributed by atoms with E-state index in [4.69, 9.17) is 0 Å². The van der Waals surface area contributed by atoms with E-state index in [0.29, 0.717) is 12.2 Å². The van der Waals surface area contributed by atoms with Gasteiger partial charge in [-0.05, 0) is 75.3 Å². The first-order chi connectivity index (χ1) is 17.2. The second kappa shape index (κ2) is 13.5. The summed E-state index contributed by atoms with van der Waals surface area (Å²) in [5.41, 5.74) is 1.85. The number of pyridine rings is 1. The SMILES string of the molecule is O=C(NCCCN1CCN(c2ccncc2)CC1)C(=O)Nc1ccc(SCCN2CCCC2)cc1. The molecule has 3 heterocycles. The van der Waals surface area contributed by atoms with Gasteiger partial charge in [-0.25, -0.2) is 0 Å².